The summed E-state index contributed by atoms with van der Waals surface area (Å²) in [4.78, 5) is 23.9. The molecule has 120 valence electrons. The largest absolute Gasteiger partial charge is 0.480 e. The zero-order valence-electron chi connectivity index (χ0n) is 13.7. The van der Waals surface area contributed by atoms with Gasteiger partial charge in [0.05, 0.1) is 0 Å². The van der Waals surface area contributed by atoms with E-state index in [4.69, 9.17) is 0 Å². The van der Waals surface area contributed by atoms with Gasteiger partial charge < -0.3 is 10.4 Å². The summed E-state index contributed by atoms with van der Waals surface area (Å²) in [7, 11) is 0. The second-order valence-electron chi connectivity index (χ2n) is 8.19. The first-order valence-electron chi connectivity index (χ1n) is 8.20. The Hall–Kier alpha value is -1.06. The van der Waals surface area contributed by atoms with E-state index in [1.807, 2.05) is 0 Å². The van der Waals surface area contributed by atoms with Gasteiger partial charge in [0.1, 0.15) is 5.54 Å². The minimum Gasteiger partial charge on any atom is -0.480 e. The van der Waals surface area contributed by atoms with E-state index >= 15 is 0 Å². The summed E-state index contributed by atoms with van der Waals surface area (Å²) in [5.41, 5.74) is -0.775. The molecule has 2 N–H and O–H groups in total. The Balaban J connectivity index is 1.92. The van der Waals surface area contributed by atoms with Gasteiger partial charge in [-0.2, -0.15) is 0 Å². The van der Waals surface area contributed by atoms with E-state index in [0.29, 0.717) is 11.3 Å². The van der Waals surface area contributed by atoms with Crippen LogP contribution in [0.15, 0.2) is 0 Å². The van der Waals surface area contributed by atoms with Crippen molar-refractivity contribution in [1.82, 2.24) is 5.32 Å². The Morgan fingerprint density at radius 2 is 1.38 bits per heavy atom. The molecule has 0 radical (unpaired) electrons. The van der Waals surface area contributed by atoms with Crippen molar-refractivity contribution in [1.29, 1.82) is 0 Å². The monoisotopic (exact) mass is 295 g/mol. The highest BCUT2D eigenvalue weighted by atomic mass is 16.4. The lowest BCUT2D eigenvalue weighted by Crippen LogP contribution is -2.55. The molecule has 0 aromatic carbocycles. The molecule has 1 unspecified atom stereocenters. The van der Waals surface area contributed by atoms with Crippen molar-refractivity contribution in [2.45, 2.75) is 71.8 Å². The Morgan fingerprint density at radius 1 is 0.905 bits per heavy atom. The van der Waals surface area contributed by atoms with Crippen molar-refractivity contribution >= 4 is 11.9 Å². The standard InChI is InChI=1S/C17H29NO3/c1-16(2,3)12-7-5-11(6-8-12)14(19)18-17(4,15(20)21)13-9-10-13/h11-13H,5-10H2,1-4H3,(H,18,19)(H,20,21). The summed E-state index contributed by atoms with van der Waals surface area (Å²) in [6.07, 6.45) is 5.70. The molecule has 21 heavy (non-hydrogen) atoms. The van der Waals surface area contributed by atoms with Gasteiger partial charge in [0.15, 0.2) is 0 Å². The van der Waals surface area contributed by atoms with Gasteiger partial charge in [-0.15, -0.1) is 0 Å². The number of hydrogen-bond acceptors (Lipinski definition) is 2. The van der Waals surface area contributed by atoms with Crippen LogP contribution in [0.5, 0.6) is 0 Å². The second-order valence-corrected chi connectivity index (χ2v) is 8.19. The van der Waals surface area contributed by atoms with Crippen LogP contribution < -0.4 is 5.32 Å². The van der Waals surface area contributed by atoms with Crippen molar-refractivity contribution in [3.8, 4) is 0 Å². The van der Waals surface area contributed by atoms with Crippen LogP contribution in [0.1, 0.15) is 66.2 Å². The molecule has 1 amide bonds. The van der Waals surface area contributed by atoms with Crippen LogP contribution in [0.3, 0.4) is 0 Å². The molecule has 2 rings (SSSR count). The van der Waals surface area contributed by atoms with E-state index in [9.17, 15) is 14.7 Å². The predicted octanol–water partition coefficient (Wildman–Crippen LogP) is 3.21. The van der Waals surface area contributed by atoms with Gasteiger partial charge in [0.25, 0.3) is 0 Å². The van der Waals surface area contributed by atoms with E-state index < -0.39 is 11.5 Å². The first kappa shape index (κ1) is 16.3. The molecule has 0 bridgehead atoms. The van der Waals surface area contributed by atoms with Crippen LogP contribution in [0.2, 0.25) is 0 Å². The fourth-order valence-electron chi connectivity index (χ4n) is 3.57. The lowest BCUT2D eigenvalue weighted by atomic mass is 9.69. The quantitative estimate of drug-likeness (QED) is 0.837. The summed E-state index contributed by atoms with van der Waals surface area (Å²) >= 11 is 0. The normalized spacial score (nSPS) is 29.5. The molecule has 4 nitrogen and oxygen atoms in total. The van der Waals surface area contributed by atoms with E-state index in [2.05, 4.69) is 26.1 Å². The van der Waals surface area contributed by atoms with Crippen molar-refractivity contribution in [3.05, 3.63) is 0 Å². The maximum Gasteiger partial charge on any atom is 0.329 e. The molecule has 4 heteroatoms. The summed E-state index contributed by atoms with van der Waals surface area (Å²) < 4.78 is 0. The average Bonchev–Trinajstić information content (AvgIpc) is 3.22. The second kappa shape index (κ2) is 5.62. The van der Waals surface area contributed by atoms with Crippen molar-refractivity contribution in [2.24, 2.45) is 23.2 Å². The summed E-state index contributed by atoms with van der Waals surface area (Å²) in [5.74, 6) is -0.206. The maximum atomic E-state index is 12.4. The summed E-state index contributed by atoms with van der Waals surface area (Å²) in [5, 5.41) is 12.3. The SMILES string of the molecule is CC(C)(C)C1CCC(C(=O)NC(C)(C(=O)O)C2CC2)CC1. The summed E-state index contributed by atoms with van der Waals surface area (Å²) in [6.45, 7) is 8.43. The van der Waals surface area contributed by atoms with Gasteiger partial charge in [-0.25, -0.2) is 4.79 Å². The molecule has 0 heterocycles. The van der Waals surface area contributed by atoms with Gasteiger partial charge in [-0.05, 0) is 62.7 Å². The minimum atomic E-state index is -1.07. The number of carboxylic acids is 1. The van der Waals surface area contributed by atoms with Crippen LogP contribution in [0.25, 0.3) is 0 Å². The van der Waals surface area contributed by atoms with Gasteiger partial charge in [0.2, 0.25) is 5.91 Å². The van der Waals surface area contributed by atoms with Gasteiger partial charge >= 0.3 is 5.97 Å². The Bertz CT molecular complexity index is 414. The molecular weight excluding hydrogens is 266 g/mol. The first-order valence-corrected chi connectivity index (χ1v) is 8.20. The molecule has 2 saturated carbocycles. The third-order valence-corrected chi connectivity index (χ3v) is 5.54. The van der Waals surface area contributed by atoms with Crippen LogP contribution in [-0.4, -0.2) is 22.5 Å². The number of carbonyl (C=O) groups is 2. The molecule has 0 aromatic rings. The van der Waals surface area contributed by atoms with Crippen LogP contribution in [-0.2, 0) is 9.59 Å². The number of amides is 1. The highest BCUT2D eigenvalue weighted by Gasteiger charge is 2.49. The van der Waals surface area contributed by atoms with E-state index in [0.717, 1.165) is 38.5 Å². The number of carbonyl (C=O) groups excluding carboxylic acids is 1. The van der Waals surface area contributed by atoms with Gasteiger partial charge in [-0.3, -0.25) is 4.79 Å². The first-order chi connectivity index (χ1) is 9.64. The number of hydrogen-bond donors (Lipinski definition) is 2. The van der Waals surface area contributed by atoms with Crippen molar-refractivity contribution < 1.29 is 14.7 Å². The molecule has 2 fully saturated rings. The Labute approximate surface area is 127 Å². The summed E-state index contributed by atoms with van der Waals surface area (Å²) in [6, 6.07) is 0. The van der Waals surface area contributed by atoms with Crippen molar-refractivity contribution in [3.63, 3.8) is 0 Å². The van der Waals surface area contributed by atoms with E-state index in [-0.39, 0.29) is 17.7 Å². The lowest BCUT2D eigenvalue weighted by Gasteiger charge is -2.37. The predicted molar refractivity (Wildman–Crippen MR) is 81.8 cm³/mol. The molecule has 0 spiro atoms. The zero-order chi connectivity index (χ0) is 15.8. The topological polar surface area (TPSA) is 66.4 Å². The van der Waals surface area contributed by atoms with Gasteiger partial charge in [-0.1, -0.05) is 20.8 Å². The maximum absolute atomic E-state index is 12.4. The highest BCUT2D eigenvalue weighted by molar-refractivity contribution is 5.88. The third kappa shape index (κ3) is 3.58. The number of aliphatic carboxylic acids is 1. The lowest BCUT2D eigenvalue weighted by molar-refractivity contribution is -0.148. The van der Waals surface area contributed by atoms with Crippen LogP contribution >= 0.6 is 0 Å². The number of nitrogens with one attached hydrogen (secondary N) is 1. The number of carboxylic acid groups (broad SMARTS) is 1. The van der Waals surface area contributed by atoms with Gasteiger partial charge in [0, 0.05) is 5.92 Å². The Morgan fingerprint density at radius 3 is 1.76 bits per heavy atom. The van der Waals surface area contributed by atoms with Crippen LogP contribution in [0, 0.1) is 23.2 Å². The van der Waals surface area contributed by atoms with E-state index in [1.54, 1.807) is 6.92 Å². The smallest absolute Gasteiger partial charge is 0.329 e. The molecule has 0 aliphatic heterocycles. The highest BCUT2D eigenvalue weighted by Crippen LogP contribution is 2.42. The molecular formula is C17H29NO3. The Kier molecular flexibility index (Phi) is 4.36. The fourth-order valence-corrected chi connectivity index (χ4v) is 3.57. The molecule has 2 aliphatic carbocycles. The van der Waals surface area contributed by atoms with Crippen molar-refractivity contribution in [2.75, 3.05) is 0 Å². The zero-order valence-corrected chi connectivity index (χ0v) is 13.7. The molecule has 1 atom stereocenters. The number of rotatable bonds is 4. The molecule has 0 saturated heterocycles. The molecule has 0 aromatic heterocycles. The van der Waals surface area contributed by atoms with E-state index in [1.165, 1.54) is 0 Å². The molecule has 2 aliphatic rings. The fraction of sp³-hybridized carbons (Fsp3) is 0.882. The average molecular weight is 295 g/mol. The minimum absolute atomic E-state index is 0.0129. The third-order valence-electron chi connectivity index (χ3n) is 5.54. The van der Waals surface area contributed by atoms with Crippen LogP contribution in [0.4, 0.5) is 0 Å².